The van der Waals surface area contributed by atoms with Crippen molar-refractivity contribution in [3.8, 4) is 5.88 Å². The van der Waals surface area contributed by atoms with Crippen LogP contribution in [0, 0.1) is 5.92 Å². The molecule has 1 atom stereocenters. The molecule has 0 aliphatic heterocycles. The summed E-state index contributed by atoms with van der Waals surface area (Å²) in [4.78, 5) is 8.22. The van der Waals surface area contributed by atoms with E-state index in [9.17, 15) is 0 Å². The molecule has 0 saturated heterocycles. The first-order chi connectivity index (χ1) is 7.61. The Morgan fingerprint density at radius 3 is 2.69 bits per heavy atom. The molecule has 0 radical (unpaired) electrons. The van der Waals surface area contributed by atoms with Crippen molar-refractivity contribution < 1.29 is 4.74 Å². The summed E-state index contributed by atoms with van der Waals surface area (Å²) in [6, 6.07) is 2.25. The molecule has 1 aromatic rings. The zero-order chi connectivity index (χ0) is 12.0. The van der Waals surface area contributed by atoms with E-state index >= 15 is 0 Å². The molecular weight excluding hydrogens is 202 g/mol. The number of ether oxygens (including phenoxy) is 1. The van der Waals surface area contributed by atoms with Gasteiger partial charge in [-0.2, -0.15) is 0 Å². The van der Waals surface area contributed by atoms with Crippen molar-refractivity contribution in [3.63, 3.8) is 0 Å². The first-order valence-electron chi connectivity index (χ1n) is 5.83. The van der Waals surface area contributed by atoms with Gasteiger partial charge in [-0.1, -0.05) is 20.8 Å². The maximum Gasteiger partial charge on any atom is 0.218 e. The van der Waals surface area contributed by atoms with Gasteiger partial charge in [-0.05, 0) is 19.3 Å². The van der Waals surface area contributed by atoms with Crippen LogP contribution in [0.15, 0.2) is 12.4 Å². The summed E-state index contributed by atoms with van der Waals surface area (Å²) in [7, 11) is 0. The molecule has 0 aromatic carbocycles. The smallest absolute Gasteiger partial charge is 0.218 e. The molecule has 1 heterocycles. The molecule has 4 heteroatoms. The molecule has 0 aliphatic rings. The molecule has 0 spiro atoms. The van der Waals surface area contributed by atoms with Gasteiger partial charge in [-0.3, -0.25) is 0 Å². The standard InChI is InChI=1S/C12H21N3O/c1-5-10(4)15-11-6-12(14-8-13-11)16-7-9(2)3/h6,8-10H,5,7H2,1-4H3,(H,13,14,15). The summed E-state index contributed by atoms with van der Waals surface area (Å²) < 4.78 is 5.53. The SMILES string of the molecule is CCC(C)Nc1cc(OCC(C)C)ncn1. The van der Waals surface area contributed by atoms with E-state index in [1.165, 1.54) is 6.33 Å². The molecule has 1 N–H and O–H groups in total. The van der Waals surface area contributed by atoms with E-state index < -0.39 is 0 Å². The fourth-order valence-electron chi connectivity index (χ4n) is 1.10. The van der Waals surface area contributed by atoms with Gasteiger partial charge in [-0.15, -0.1) is 0 Å². The van der Waals surface area contributed by atoms with Crippen molar-refractivity contribution in [1.29, 1.82) is 0 Å². The Balaban J connectivity index is 2.56. The highest BCUT2D eigenvalue weighted by atomic mass is 16.5. The van der Waals surface area contributed by atoms with Crippen LogP contribution in [-0.4, -0.2) is 22.6 Å². The molecule has 4 nitrogen and oxygen atoms in total. The lowest BCUT2D eigenvalue weighted by Crippen LogP contribution is -2.15. The van der Waals surface area contributed by atoms with Crippen LogP contribution in [0.1, 0.15) is 34.1 Å². The fourth-order valence-corrected chi connectivity index (χ4v) is 1.10. The highest BCUT2D eigenvalue weighted by molar-refractivity contribution is 5.37. The second kappa shape index (κ2) is 6.30. The number of hydrogen-bond donors (Lipinski definition) is 1. The van der Waals surface area contributed by atoms with Crippen LogP contribution in [0.2, 0.25) is 0 Å². The van der Waals surface area contributed by atoms with Gasteiger partial charge in [0.15, 0.2) is 0 Å². The lowest BCUT2D eigenvalue weighted by Gasteiger charge is -2.13. The van der Waals surface area contributed by atoms with E-state index in [1.54, 1.807) is 0 Å². The van der Waals surface area contributed by atoms with Crippen molar-refractivity contribution in [3.05, 3.63) is 12.4 Å². The zero-order valence-corrected chi connectivity index (χ0v) is 10.5. The Bertz CT molecular complexity index is 315. The summed E-state index contributed by atoms with van der Waals surface area (Å²) in [5, 5.41) is 3.29. The summed E-state index contributed by atoms with van der Waals surface area (Å²) in [5.41, 5.74) is 0. The molecule has 90 valence electrons. The Labute approximate surface area is 97.5 Å². The number of nitrogens with one attached hydrogen (secondary N) is 1. The minimum absolute atomic E-state index is 0.410. The minimum atomic E-state index is 0.410. The van der Waals surface area contributed by atoms with Gasteiger partial charge < -0.3 is 10.1 Å². The predicted molar refractivity (Wildman–Crippen MR) is 65.7 cm³/mol. The number of anilines is 1. The Kier molecular flexibility index (Phi) is 5.02. The minimum Gasteiger partial charge on any atom is -0.477 e. The molecule has 0 saturated carbocycles. The molecule has 1 unspecified atom stereocenters. The highest BCUT2D eigenvalue weighted by Crippen LogP contribution is 2.13. The van der Waals surface area contributed by atoms with Gasteiger partial charge in [0.25, 0.3) is 0 Å². The molecule has 0 aliphatic carbocycles. The average Bonchev–Trinajstić information content (AvgIpc) is 2.26. The predicted octanol–water partition coefficient (Wildman–Crippen LogP) is 2.72. The molecule has 0 bridgehead atoms. The van der Waals surface area contributed by atoms with Gasteiger partial charge in [0.1, 0.15) is 12.1 Å². The molecule has 0 amide bonds. The maximum absolute atomic E-state index is 5.53. The second-order valence-electron chi connectivity index (χ2n) is 4.40. The van der Waals surface area contributed by atoms with Crippen LogP contribution in [-0.2, 0) is 0 Å². The largest absolute Gasteiger partial charge is 0.477 e. The molecule has 1 rings (SSSR count). The highest BCUT2D eigenvalue weighted by Gasteiger charge is 2.03. The van der Waals surface area contributed by atoms with Crippen molar-refractivity contribution >= 4 is 5.82 Å². The van der Waals surface area contributed by atoms with Crippen LogP contribution in [0.5, 0.6) is 5.88 Å². The van der Waals surface area contributed by atoms with Crippen LogP contribution < -0.4 is 10.1 Å². The van der Waals surface area contributed by atoms with Gasteiger partial charge >= 0.3 is 0 Å². The number of rotatable bonds is 6. The van der Waals surface area contributed by atoms with Crippen molar-refractivity contribution in [2.75, 3.05) is 11.9 Å². The van der Waals surface area contributed by atoms with E-state index in [0.29, 0.717) is 24.4 Å². The zero-order valence-electron chi connectivity index (χ0n) is 10.5. The third-order valence-corrected chi connectivity index (χ3v) is 2.21. The van der Waals surface area contributed by atoms with Gasteiger partial charge in [0.2, 0.25) is 5.88 Å². The Hall–Kier alpha value is -1.32. The van der Waals surface area contributed by atoms with E-state index in [2.05, 4.69) is 43.0 Å². The van der Waals surface area contributed by atoms with Gasteiger partial charge in [0.05, 0.1) is 6.61 Å². The summed E-state index contributed by atoms with van der Waals surface area (Å²) in [5.74, 6) is 1.96. The van der Waals surface area contributed by atoms with Crippen molar-refractivity contribution in [2.24, 2.45) is 5.92 Å². The van der Waals surface area contributed by atoms with Gasteiger partial charge in [0, 0.05) is 12.1 Å². The number of hydrogen-bond acceptors (Lipinski definition) is 4. The van der Waals surface area contributed by atoms with Crippen LogP contribution in [0.25, 0.3) is 0 Å². The maximum atomic E-state index is 5.53. The topological polar surface area (TPSA) is 47.0 Å². The third kappa shape index (κ3) is 4.47. The van der Waals surface area contributed by atoms with Crippen molar-refractivity contribution in [2.45, 2.75) is 40.2 Å². The van der Waals surface area contributed by atoms with E-state index in [1.807, 2.05) is 6.07 Å². The third-order valence-electron chi connectivity index (χ3n) is 2.21. The molecule has 0 fully saturated rings. The first kappa shape index (κ1) is 12.7. The summed E-state index contributed by atoms with van der Waals surface area (Å²) in [6.45, 7) is 9.16. The Morgan fingerprint density at radius 2 is 2.06 bits per heavy atom. The van der Waals surface area contributed by atoms with Crippen LogP contribution >= 0.6 is 0 Å². The van der Waals surface area contributed by atoms with Crippen LogP contribution in [0.3, 0.4) is 0 Å². The van der Waals surface area contributed by atoms with Gasteiger partial charge in [-0.25, -0.2) is 9.97 Å². The fraction of sp³-hybridized carbons (Fsp3) is 0.667. The average molecular weight is 223 g/mol. The summed E-state index contributed by atoms with van der Waals surface area (Å²) in [6.07, 6.45) is 2.59. The molecular formula is C12H21N3O. The summed E-state index contributed by atoms with van der Waals surface area (Å²) >= 11 is 0. The monoisotopic (exact) mass is 223 g/mol. The first-order valence-corrected chi connectivity index (χ1v) is 5.83. The van der Waals surface area contributed by atoms with E-state index in [-0.39, 0.29) is 0 Å². The number of nitrogens with zero attached hydrogens (tertiary/aromatic N) is 2. The lowest BCUT2D eigenvalue weighted by molar-refractivity contribution is 0.261. The Morgan fingerprint density at radius 1 is 1.31 bits per heavy atom. The molecule has 1 aromatic heterocycles. The van der Waals surface area contributed by atoms with Crippen LogP contribution in [0.4, 0.5) is 5.82 Å². The van der Waals surface area contributed by atoms with E-state index in [0.717, 1.165) is 12.2 Å². The van der Waals surface area contributed by atoms with E-state index in [4.69, 9.17) is 4.74 Å². The quantitative estimate of drug-likeness (QED) is 0.805. The van der Waals surface area contributed by atoms with Crippen molar-refractivity contribution in [1.82, 2.24) is 9.97 Å². The second-order valence-corrected chi connectivity index (χ2v) is 4.40. The normalized spacial score (nSPS) is 12.6. The molecule has 16 heavy (non-hydrogen) atoms. The lowest BCUT2D eigenvalue weighted by atomic mass is 10.2. The number of aromatic nitrogens is 2.